The van der Waals surface area contributed by atoms with Gasteiger partial charge >= 0.3 is 0 Å². The third-order valence-corrected chi connectivity index (χ3v) is 4.78. The second-order valence-electron chi connectivity index (χ2n) is 4.44. The van der Waals surface area contributed by atoms with Crippen LogP contribution in [0.15, 0.2) is 18.2 Å². The minimum atomic E-state index is -0.272. The highest BCUT2D eigenvalue weighted by Crippen LogP contribution is 2.61. The predicted octanol–water partition coefficient (Wildman–Crippen LogP) is 4.73. The highest BCUT2D eigenvalue weighted by molar-refractivity contribution is 6.44. The maximum absolute atomic E-state index is 6.25. The van der Waals surface area contributed by atoms with Crippen LogP contribution in [-0.4, -0.2) is 4.84 Å². The van der Waals surface area contributed by atoms with Crippen LogP contribution in [0.4, 0.5) is 0 Å². The Morgan fingerprint density at radius 3 is 2.53 bits per heavy atom. The highest BCUT2D eigenvalue weighted by atomic mass is 35.5. The molecule has 1 fully saturated rings. The summed E-state index contributed by atoms with van der Waals surface area (Å²) < 4.78 is 0. The van der Waals surface area contributed by atoms with E-state index in [1.165, 1.54) is 24.0 Å². The lowest BCUT2D eigenvalue weighted by Crippen LogP contribution is -2.11. The molecule has 0 aromatic heterocycles. The van der Waals surface area contributed by atoms with Crippen LogP contribution in [0.2, 0.25) is 5.02 Å². The Labute approximate surface area is 105 Å². The van der Waals surface area contributed by atoms with Gasteiger partial charge in [-0.1, -0.05) is 23.7 Å². The third-order valence-electron chi connectivity index (χ3n) is 3.87. The SMILES string of the molecule is Clc1cccc2c1C1CCC2C1C(Cl)Cl. The van der Waals surface area contributed by atoms with Gasteiger partial charge in [0, 0.05) is 10.9 Å². The minimum absolute atomic E-state index is 0.272. The van der Waals surface area contributed by atoms with Crippen molar-refractivity contribution in [1.82, 2.24) is 0 Å². The summed E-state index contributed by atoms with van der Waals surface area (Å²) in [5.41, 5.74) is 2.70. The van der Waals surface area contributed by atoms with Crippen molar-refractivity contribution in [3.63, 3.8) is 0 Å². The van der Waals surface area contributed by atoms with Gasteiger partial charge in [0.2, 0.25) is 0 Å². The molecule has 3 unspecified atom stereocenters. The van der Waals surface area contributed by atoms with Crippen LogP contribution in [0, 0.1) is 5.92 Å². The van der Waals surface area contributed by atoms with E-state index in [2.05, 4.69) is 6.07 Å². The zero-order valence-corrected chi connectivity index (χ0v) is 10.4. The molecule has 15 heavy (non-hydrogen) atoms. The van der Waals surface area contributed by atoms with Crippen LogP contribution in [0.3, 0.4) is 0 Å². The first-order chi connectivity index (χ1) is 7.20. The van der Waals surface area contributed by atoms with Gasteiger partial charge in [0.1, 0.15) is 4.84 Å². The van der Waals surface area contributed by atoms with Gasteiger partial charge in [-0.15, -0.1) is 23.2 Å². The number of fused-ring (bicyclic) bond motifs is 5. The van der Waals surface area contributed by atoms with Gasteiger partial charge in [0.05, 0.1) is 0 Å². The van der Waals surface area contributed by atoms with Crippen LogP contribution < -0.4 is 0 Å². The molecular weight excluding hydrogens is 250 g/mol. The van der Waals surface area contributed by atoms with Crippen molar-refractivity contribution in [1.29, 1.82) is 0 Å². The highest BCUT2D eigenvalue weighted by Gasteiger charge is 2.49. The van der Waals surface area contributed by atoms with Gasteiger partial charge in [-0.05, 0) is 41.9 Å². The second kappa shape index (κ2) is 3.55. The average molecular weight is 262 g/mol. The van der Waals surface area contributed by atoms with E-state index < -0.39 is 0 Å². The monoisotopic (exact) mass is 260 g/mol. The molecule has 1 aromatic carbocycles. The van der Waals surface area contributed by atoms with Crippen LogP contribution in [0.25, 0.3) is 0 Å². The lowest BCUT2D eigenvalue weighted by molar-refractivity contribution is 0.515. The van der Waals surface area contributed by atoms with Crippen LogP contribution >= 0.6 is 34.8 Å². The number of alkyl halides is 2. The number of hydrogen-bond donors (Lipinski definition) is 0. The first kappa shape index (κ1) is 10.3. The van der Waals surface area contributed by atoms with Gasteiger partial charge < -0.3 is 0 Å². The fraction of sp³-hybridized carbons (Fsp3) is 0.500. The summed E-state index contributed by atoms with van der Waals surface area (Å²) in [6.45, 7) is 0. The molecule has 0 N–H and O–H groups in total. The Morgan fingerprint density at radius 2 is 1.87 bits per heavy atom. The van der Waals surface area contributed by atoms with E-state index in [0.29, 0.717) is 17.8 Å². The fourth-order valence-electron chi connectivity index (χ4n) is 3.34. The smallest absolute Gasteiger partial charge is 0.105 e. The molecule has 1 aromatic rings. The zero-order valence-electron chi connectivity index (χ0n) is 8.09. The van der Waals surface area contributed by atoms with Crippen molar-refractivity contribution in [2.75, 3.05) is 0 Å². The normalized spacial score (nSPS) is 32.4. The predicted molar refractivity (Wildman–Crippen MR) is 65.2 cm³/mol. The van der Waals surface area contributed by atoms with E-state index >= 15 is 0 Å². The topological polar surface area (TPSA) is 0 Å². The van der Waals surface area contributed by atoms with Crippen molar-refractivity contribution in [2.45, 2.75) is 29.5 Å². The lowest BCUT2D eigenvalue weighted by Gasteiger charge is -2.16. The summed E-state index contributed by atoms with van der Waals surface area (Å²) in [5, 5.41) is 0.888. The first-order valence-corrected chi connectivity index (χ1v) is 6.51. The maximum Gasteiger partial charge on any atom is 0.111 e. The number of halogens is 3. The Kier molecular flexibility index (Phi) is 2.43. The molecule has 0 radical (unpaired) electrons. The molecule has 3 rings (SSSR count). The number of hydrogen-bond acceptors (Lipinski definition) is 0. The first-order valence-electron chi connectivity index (χ1n) is 5.26. The molecule has 2 aliphatic carbocycles. The summed E-state index contributed by atoms with van der Waals surface area (Å²) in [4.78, 5) is -0.272. The molecule has 0 spiro atoms. The fourth-order valence-corrected chi connectivity index (χ4v) is 4.37. The molecule has 0 nitrogen and oxygen atoms in total. The molecule has 3 heteroatoms. The molecule has 2 bridgehead atoms. The molecule has 0 saturated heterocycles. The van der Waals surface area contributed by atoms with Crippen LogP contribution in [-0.2, 0) is 0 Å². The third kappa shape index (κ3) is 1.35. The Bertz CT molecular complexity index is 400. The minimum Gasteiger partial charge on any atom is -0.105 e. The molecule has 3 atom stereocenters. The molecule has 80 valence electrons. The molecule has 1 saturated carbocycles. The van der Waals surface area contributed by atoms with Crippen molar-refractivity contribution in [3.05, 3.63) is 34.3 Å². The molecular formula is C12H11Cl3. The quantitative estimate of drug-likeness (QED) is 0.641. The van der Waals surface area contributed by atoms with Gasteiger partial charge in [-0.25, -0.2) is 0 Å². The van der Waals surface area contributed by atoms with Crippen molar-refractivity contribution < 1.29 is 0 Å². The molecule has 0 heterocycles. The van der Waals surface area contributed by atoms with Gasteiger partial charge in [0.15, 0.2) is 0 Å². The Morgan fingerprint density at radius 1 is 1.13 bits per heavy atom. The van der Waals surface area contributed by atoms with E-state index in [0.717, 1.165) is 5.02 Å². The van der Waals surface area contributed by atoms with E-state index in [1.54, 1.807) is 0 Å². The van der Waals surface area contributed by atoms with Crippen LogP contribution in [0.5, 0.6) is 0 Å². The summed E-state index contributed by atoms with van der Waals surface area (Å²) >= 11 is 18.4. The summed E-state index contributed by atoms with van der Waals surface area (Å²) in [6, 6.07) is 6.17. The summed E-state index contributed by atoms with van der Waals surface area (Å²) in [7, 11) is 0. The average Bonchev–Trinajstić information content (AvgIpc) is 2.73. The molecule has 0 aliphatic heterocycles. The summed E-state index contributed by atoms with van der Waals surface area (Å²) in [5.74, 6) is 1.39. The largest absolute Gasteiger partial charge is 0.111 e. The Hall–Kier alpha value is 0.0900. The van der Waals surface area contributed by atoms with E-state index in [1.807, 2.05) is 12.1 Å². The van der Waals surface area contributed by atoms with Crippen molar-refractivity contribution in [2.24, 2.45) is 5.92 Å². The van der Waals surface area contributed by atoms with E-state index in [-0.39, 0.29) is 4.84 Å². The molecule has 0 amide bonds. The number of rotatable bonds is 1. The van der Waals surface area contributed by atoms with Crippen molar-refractivity contribution >= 4 is 34.8 Å². The van der Waals surface area contributed by atoms with Gasteiger partial charge in [-0.3, -0.25) is 0 Å². The van der Waals surface area contributed by atoms with Crippen LogP contribution in [0.1, 0.15) is 35.8 Å². The van der Waals surface area contributed by atoms with Gasteiger partial charge in [-0.2, -0.15) is 0 Å². The van der Waals surface area contributed by atoms with Gasteiger partial charge in [0.25, 0.3) is 0 Å². The Balaban J connectivity index is 2.13. The van der Waals surface area contributed by atoms with E-state index in [9.17, 15) is 0 Å². The maximum atomic E-state index is 6.25. The standard InChI is InChI=1S/C12H11Cl3/c13-9-3-1-2-6-7-4-5-8(10(6)9)11(7)12(14)15/h1-3,7-8,11-12H,4-5H2. The lowest BCUT2D eigenvalue weighted by atomic mass is 9.92. The van der Waals surface area contributed by atoms with Crippen molar-refractivity contribution in [3.8, 4) is 0 Å². The second-order valence-corrected chi connectivity index (χ2v) is 6.02. The summed E-state index contributed by atoms with van der Waals surface area (Å²) in [6.07, 6.45) is 2.39. The molecule has 2 aliphatic rings. The van der Waals surface area contributed by atoms with E-state index in [4.69, 9.17) is 34.8 Å². The zero-order chi connectivity index (χ0) is 10.6. The number of benzene rings is 1.